The summed E-state index contributed by atoms with van der Waals surface area (Å²) in [5.41, 5.74) is 8.19. The Balaban J connectivity index is 0.00000147. The fourth-order valence-electron chi connectivity index (χ4n) is 3.67. The third-order valence-electron chi connectivity index (χ3n) is 4.71. The molecule has 110 valence electrons. The zero-order valence-electron chi connectivity index (χ0n) is 11.4. The lowest BCUT2D eigenvalue weighted by atomic mass is 9.84. The molecule has 2 aliphatic carbocycles. The van der Waals surface area contributed by atoms with E-state index in [2.05, 4.69) is 21.2 Å². The monoisotopic (exact) mass is 358 g/mol. The molecule has 5 heteroatoms. The first kappa shape index (κ1) is 15.8. The minimum Gasteiger partial charge on any atom is -0.327 e. The summed E-state index contributed by atoms with van der Waals surface area (Å²) in [5, 5.41) is 3.03. The van der Waals surface area contributed by atoms with E-state index in [9.17, 15) is 4.79 Å². The summed E-state index contributed by atoms with van der Waals surface area (Å²) >= 11 is 3.47. The highest BCUT2D eigenvalue weighted by Gasteiger charge is 2.49. The van der Waals surface area contributed by atoms with Crippen LogP contribution in [0.3, 0.4) is 0 Å². The van der Waals surface area contributed by atoms with Gasteiger partial charge in [0.15, 0.2) is 0 Å². The fraction of sp³-hybridized carbons (Fsp3) is 0.533. The van der Waals surface area contributed by atoms with Crippen molar-refractivity contribution in [3.63, 3.8) is 0 Å². The lowest BCUT2D eigenvalue weighted by Crippen LogP contribution is -2.42. The Morgan fingerprint density at radius 3 is 2.65 bits per heavy atom. The average molecular weight is 360 g/mol. The van der Waals surface area contributed by atoms with Gasteiger partial charge in [-0.25, -0.2) is 0 Å². The van der Waals surface area contributed by atoms with Gasteiger partial charge in [0.05, 0.1) is 5.92 Å². The van der Waals surface area contributed by atoms with E-state index in [1.54, 1.807) is 0 Å². The maximum Gasteiger partial charge on any atom is 0.229 e. The topological polar surface area (TPSA) is 55.1 Å². The summed E-state index contributed by atoms with van der Waals surface area (Å²) in [4.78, 5) is 12.4. The number of anilines is 1. The second-order valence-electron chi connectivity index (χ2n) is 5.89. The number of hydrogen-bond donors (Lipinski definition) is 2. The van der Waals surface area contributed by atoms with Crippen LogP contribution in [0.4, 0.5) is 5.69 Å². The number of carbonyl (C=O) groups is 1. The molecule has 20 heavy (non-hydrogen) atoms. The molecule has 4 unspecified atom stereocenters. The second kappa shape index (κ2) is 6.04. The number of carbonyl (C=O) groups excluding carboxylic acids is 1. The number of aryl methyl sites for hydroxylation is 1. The first-order chi connectivity index (χ1) is 9.06. The average Bonchev–Trinajstić information content (AvgIpc) is 2.94. The van der Waals surface area contributed by atoms with Gasteiger partial charge >= 0.3 is 0 Å². The van der Waals surface area contributed by atoms with Crippen molar-refractivity contribution < 1.29 is 4.79 Å². The Labute approximate surface area is 134 Å². The smallest absolute Gasteiger partial charge is 0.229 e. The van der Waals surface area contributed by atoms with Gasteiger partial charge in [-0.1, -0.05) is 15.9 Å². The molecule has 2 aliphatic rings. The second-order valence-corrected chi connectivity index (χ2v) is 6.74. The zero-order valence-corrected chi connectivity index (χ0v) is 13.8. The van der Waals surface area contributed by atoms with E-state index in [0.717, 1.165) is 28.6 Å². The number of halogens is 2. The molecule has 0 aromatic heterocycles. The highest BCUT2D eigenvalue weighted by atomic mass is 79.9. The van der Waals surface area contributed by atoms with Gasteiger partial charge in [-0.05, 0) is 61.8 Å². The van der Waals surface area contributed by atoms with Gasteiger partial charge in [-0.15, -0.1) is 12.4 Å². The number of benzene rings is 1. The van der Waals surface area contributed by atoms with Gasteiger partial charge in [0, 0.05) is 16.2 Å². The minimum absolute atomic E-state index is 0. The summed E-state index contributed by atoms with van der Waals surface area (Å²) < 4.78 is 1.06. The standard InChI is InChI=1S/C15H19BrN2O.ClH/c1-8-6-11(4-5-12(8)16)18-15(19)13-9-2-3-10(7-9)14(13)17;/h4-6,9-10,13-14H,2-3,7,17H2,1H3,(H,18,19);1H. The van der Waals surface area contributed by atoms with Crippen molar-refractivity contribution >= 4 is 39.9 Å². The van der Waals surface area contributed by atoms with Crippen LogP contribution in [0.25, 0.3) is 0 Å². The Kier molecular flexibility index (Phi) is 4.77. The maximum absolute atomic E-state index is 12.4. The van der Waals surface area contributed by atoms with Crippen molar-refractivity contribution in [1.29, 1.82) is 0 Å². The molecule has 0 saturated heterocycles. The first-order valence-electron chi connectivity index (χ1n) is 6.89. The Hall–Kier alpha value is -0.580. The highest BCUT2D eigenvalue weighted by molar-refractivity contribution is 9.10. The first-order valence-corrected chi connectivity index (χ1v) is 7.68. The maximum atomic E-state index is 12.4. The Morgan fingerprint density at radius 2 is 2.05 bits per heavy atom. The normalized spacial score (nSPS) is 30.9. The molecule has 3 N–H and O–H groups in total. The molecule has 0 spiro atoms. The van der Waals surface area contributed by atoms with Crippen LogP contribution < -0.4 is 11.1 Å². The highest BCUT2D eigenvalue weighted by Crippen LogP contribution is 2.47. The molecule has 4 atom stereocenters. The molecule has 1 aromatic carbocycles. The third-order valence-corrected chi connectivity index (χ3v) is 5.60. The molecule has 0 radical (unpaired) electrons. The van der Waals surface area contributed by atoms with E-state index < -0.39 is 0 Å². The number of hydrogen-bond acceptors (Lipinski definition) is 2. The van der Waals surface area contributed by atoms with Crippen LogP contribution in [-0.4, -0.2) is 11.9 Å². The minimum atomic E-state index is 0. The summed E-state index contributed by atoms with van der Waals surface area (Å²) in [7, 11) is 0. The van der Waals surface area contributed by atoms with Crippen molar-refractivity contribution in [3.8, 4) is 0 Å². The molecule has 1 amide bonds. The lowest BCUT2D eigenvalue weighted by Gasteiger charge is -2.27. The van der Waals surface area contributed by atoms with E-state index in [4.69, 9.17) is 5.73 Å². The van der Waals surface area contributed by atoms with Crippen LogP contribution in [0, 0.1) is 24.7 Å². The fourth-order valence-corrected chi connectivity index (χ4v) is 3.92. The van der Waals surface area contributed by atoms with E-state index in [0.29, 0.717) is 11.8 Å². The predicted molar refractivity (Wildman–Crippen MR) is 87.1 cm³/mol. The molecular formula is C15H20BrClN2O. The van der Waals surface area contributed by atoms with Gasteiger partial charge in [0.25, 0.3) is 0 Å². The van der Waals surface area contributed by atoms with Crippen LogP contribution in [-0.2, 0) is 4.79 Å². The number of amides is 1. The van der Waals surface area contributed by atoms with Crippen molar-refractivity contribution in [2.45, 2.75) is 32.2 Å². The SMILES string of the molecule is Cc1cc(NC(=O)C2C3CCC(C3)C2N)ccc1Br.Cl. The molecule has 2 fully saturated rings. The summed E-state index contributed by atoms with van der Waals surface area (Å²) in [6, 6.07) is 5.93. The number of fused-ring (bicyclic) bond motifs is 2. The van der Waals surface area contributed by atoms with Crippen LogP contribution in [0.2, 0.25) is 0 Å². The molecule has 1 aromatic rings. The van der Waals surface area contributed by atoms with Gasteiger partial charge in [0.1, 0.15) is 0 Å². The third kappa shape index (κ3) is 2.74. The van der Waals surface area contributed by atoms with E-state index in [1.807, 2.05) is 25.1 Å². The van der Waals surface area contributed by atoms with Crippen molar-refractivity contribution in [1.82, 2.24) is 0 Å². The van der Waals surface area contributed by atoms with Gasteiger partial charge in [-0.2, -0.15) is 0 Å². The molecule has 2 bridgehead atoms. The molecule has 2 saturated carbocycles. The summed E-state index contributed by atoms with van der Waals surface area (Å²) in [6.45, 7) is 2.02. The molecule has 3 rings (SSSR count). The molecule has 0 aliphatic heterocycles. The summed E-state index contributed by atoms with van der Waals surface area (Å²) in [6.07, 6.45) is 3.50. The molecule has 3 nitrogen and oxygen atoms in total. The Morgan fingerprint density at radius 1 is 1.35 bits per heavy atom. The van der Waals surface area contributed by atoms with Gasteiger partial charge < -0.3 is 11.1 Å². The summed E-state index contributed by atoms with van der Waals surface area (Å²) in [5.74, 6) is 1.16. The quantitative estimate of drug-likeness (QED) is 0.849. The zero-order chi connectivity index (χ0) is 13.6. The van der Waals surface area contributed by atoms with Crippen LogP contribution in [0.5, 0.6) is 0 Å². The predicted octanol–water partition coefficient (Wildman–Crippen LogP) is 3.49. The van der Waals surface area contributed by atoms with Gasteiger partial charge in [0.2, 0.25) is 5.91 Å². The largest absolute Gasteiger partial charge is 0.327 e. The van der Waals surface area contributed by atoms with Crippen molar-refractivity contribution in [2.24, 2.45) is 23.5 Å². The number of nitrogens with one attached hydrogen (secondary N) is 1. The van der Waals surface area contributed by atoms with E-state index in [-0.39, 0.29) is 30.3 Å². The van der Waals surface area contributed by atoms with Crippen molar-refractivity contribution in [2.75, 3.05) is 5.32 Å². The van der Waals surface area contributed by atoms with E-state index in [1.165, 1.54) is 6.42 Å². The number of rotatable bonds is 2. The lowest BCUT2D eigenvalue weighted by molar-refractivity contribution is -0.121. The van der Waals surface area contributed by atoms with Crippen LogP contribution in [0.15, 0.2) is 22.7 Å². The van der Waals surface area contributed by atoms with E-state index >= 15 is 0 Å². The number of nitrogens with two attached hydrogens (primary N) is 1. The molecular weight excluding hydrogens is 340 g/mol. The van der Waals surface area contributed by atoms with Crippen molar-refractivity contribution in [3.05, 3.63) is 28.2 Å². The van der Waals surface area contributed by atoms with Gasteiger partial charge in [-0.3, -0.25) is 4.79 Å². The van der Waals surface area contributed by atoms with Crippen LogP contribution >= 0.6 is 28.3 Å². The van der Waals surface area contributed by atoms with Crippen LogP contribution in [0.1, 0.15) is 24.8 Å². The molecule has 0 heterocycles. The Bertz CT molecular complexity index is 521.